The minimum atomic E-state index is 0.113. The Kier molecular flexibility index (Phi) is 5.56. The first-order chi connectivity index (χ1) is 10.1. The molecule has 0 bridgehead atoms. The van der Waals surface area contributed by atoms with Gasteiger partial charge in [0.15, 0.2) is 0 Å². The van der Waals surface area contributed by atoms with Crippen LogP contribution in [0, 0.1) is 0 Å². The summed E-state index contributed by atoms with van der Waals surface area (Å²) in [6, 6.07) is 1.90. The van der Waals surface area contributed by atoms with Gasteiger partial charge in [-0.25, -0.2) is 4.98 Å². The number of rotatable bonds is 6. The van der Waals surface area contributed by atoms with Crippen molar-refractivity contribution < 1.29 is 4.52 Å². The number of likely N-dealkylation sites (N-methyl/N-ethyl adjacent to an activating group) is 1. The molecule has 0 amide bonds. The first kappa shape index (κ1) is 16.2. The monoisotopic (exact) mass is 328 g/mol. The fraction of sp³-hybridized carbons (Fsp3) is 0.500. The Morgan fingerprint density at radius 1 is 1.33 bits per heavy atom. The maximum Gasteiger partial charge on any atom is 0.231 e. The second-order valence-corrected chi connectivity index (χ2v) is 5.64. The van der Waals surface area contributed by atoms with E-state index in [0.717, 1.165) is 13.0 Å². The summed E-state index contributed by atoms with van der Waals surface area (Å²) in [5.41, 5.74) is 0.472. The molecular formula is C14H18Cl2N4O. The molecule has 21 heavy (non-hydrogen) atoms. The molecule has 0 aliphatic heterocycles. The van der Waals surface area contributed by atoms with E-state index in [4.69, 9.17) is 27.7 Å². The van der Waals surface area contributed by atoms with Gasteiger partial charge in [-0.1, -0.05) is 49.1 Å². The maximum atomic E-state index is 6.11. The number of aromatic nitrogens is 3. The standard InChI is InChI=1S/C14H18Cl2N4O/c1-4-11(17-5-2)8(3)14-19-13(20-21-14)12-10(16)6-9(15)7-18-12/h6-8,11,17H,4-5H2,1-3H3. The largest absolute Gasteiger partial charge is 0.339 e. The Balaban J connectivity index is 2.24. The smallest absolute Gasteiger partial charge is 0.231 e. The normalized spacial score (nSPS) is 14.1. The lowest BCUT2D eigenvalue weighted by atomic mass is 9.99. The van der Waals surface area contributed by atoms with Crippen LogP contribution < -0.4 is 5.32 Å². The molecule has 2 unspecified atom stereocenters. The fourth-order valence-corrected chi connectivity index (χ4v) is 2.67. The van der Waals surface area contributed by atoms with Crippen molar-refractivity contribution in [2.24, 2.45) is 0 Å². The molecule has 2 heterocycles. The Labute approximate surface area is 134 Å². The zero-order valence-electron chi connectivity index (χ0n) is 12.2. The van der Waals surface area contributed by atoms with E-state index in [0.29, 0.717) is 27.5 Å². The highest BCUT2D eigenvalue weighted by Gasteiger charge is 2.23. The van der Waals surface area contributed by atoms with Gasteiger partial charge in [0.05, 0.1) is 16.0 Å². The zero-order valence-corrected chi connectivity index (χ0v) is 13.7. The lowest BCUT2D eigenvalue weighted by Gasteiger charge is -2.20. The summed E-state index contributed by atoms with van der Waals surface area (Å²) in [6.07, 6.45) is 2.49. The number of pyridine rings is 1. The minimum Gasteiger partial charge on any atom is -0.339 e. The highest BCUT2D eigenvalue weighted by atomic mass is 35.5. The summed E-state index contributed by atoms with van der Waals surface area (Å²) < 4.78 is 5.36. The average molecular weight is 329 g/mol. The van der Waals surface area contributed by atoms with Gasteiger partial charge in [0.1, 0.15) is 5.69 Å². The van der Waals surface area contributed by atoms with Crippen LogP contribution in [-0.4, -0.2) is 27.7 Å². The lowest BCUT2D eigenvalue weighted by Crippen LogP contribution is -2.33. The van der Waals surface area contributed by atoms with Gasteiger partial charge in [0.2, 0.25) is 11.7 Å². The van der Waals surface area contributed by atoms with Crippen molar-refractivity contribution in [3.05, 3.63) is 28.2 Å². The van der Waals surface area contributed by atoms with E-state index in [1.165, 1.54) is 6.20 Å². The number of nitrogens with zero attached hydrogens (tertiary/aromatic N) is 3. The van der Waals surface area contributed by atoms with Crippen LogP contribution in [0.4, 0.5) is 0 Å². The first-order valence-corrected chi connectivity index (χ1v) is 7.70. The van der Waals surface area contributed by atoms with E-state index < -0.39 is 0 Å². The van der Waals surface area contributed by atoms with Gasteiger partial charge in [-0.05, 0) is 19.0 Å². The molecule has 0 aliphatic rings. The van der Waals surface area contributed by atoms with Gasteiger partial charge in [-0.3, -0.25) is 0 Å². The Bertz CT molecular complexity index is 602. The molecule has 2 atom stereocenters. The van der Waals surface area contributed by atoms with E-state index in [9.17, 15) is 0 Å². The van der Waals surface area contributed by atoms with E-state index >= 15 is 0 Å². The maximum absolute atomic E-state index is 6.11. The third-order valence-electron chi connectivity index (χ3n) is 3.36. The second kappa shape index (κ2) is 7.20. The van der Waals surface area contributed by atoms with Crippen LogP contribution in [-0.2, 0) is 0 Å². The number of hydrogen-bond donors (Lipinski definition) is 1. The number of hydrogen-bond acceptors (Lipinski definition) is 5. The van der Waals surface area contributed by atoms with Crippen molar-refractivity contribution >= 4 is 23.2 Å². The predicted octanol–water partition coefficient (Wildman–Crippen LogP) is 3.93. The summed E-state index contributed by atoms with van der Waals surface area (Å²) in [5.74, 6) is 1.07. The molecule has 0 saturated heterocycles. The molecule has 2 aromatic heterocycles. The van der Waals surface area contributed by atoms with E-state index in [1.54, 1.807) is 6.07 Å². The van der Waals surface area contributed by atoms with Crippen LogP contribution >= 0.6 is 23.2 Å². The number of nitrogens with one attached hydrogen (secondary N) is 1. The molecule has 2 rings (SSSR count). The molecule has 114 valence electrons. The van der Waals surface area contributed by atoms with Crippen LogP contribution in [0.2, 0.25) is 10.0 Å². The van der Waals surface area contributed by atoms with Crippen molar-refractivity contribution in [1.82, 2.24) is 20.4 Å². The molecule has 0 aliphatic carbocycles. The van der Waals surface area contributed by atoms with Crippen molar-refractivity contribution in [3.63, 3.8) is 0 Å². The van der Waals surface area contributed by atoms with E-state index in [-0.39, 0.29) is 12.0 Å². The molecule has 2 aromatic rings. The Morgan fingerprint density at radius 2 is 2.10 bits per heavy atom. The SMILES string of the molecule is CCNC(CC)C(C)c1nc(-c2ncc(Cl)cc2Cl)no1. The van der Waals surface area contributed by atoms with Gasteiger partial charge < -0.3 is 9.84 Å². The molecule has 5 nitrogen and oxygen atoms in total. The number of halogens is 2. The topological polar surface area (TPSA) is 63.8 Å². The van der Waals surface area contributed by atoms with Crippen molar-refractivity contribution in [1.29, 1.82) is 0 Å². The highest BCUT2D eigenvalue weighted by Crippen LogP contribution is 2.28. The van der Waals surface area contributed by atoms with Crippen molar-refractivity contribution in [2.45, 2.75) is 39.2 Å². The van der Waals surface area contributed by atoms with Crippen molar-refractivity contribution in [2.75, 3.05) is 6.54 Å². The van der Waals surface area contributed by atoms with E-state index in [2.05, 4.69) is 41.2 Å². The Hall–Kier alpha value is -1.17. The van der Waals surface area contributed by atoms with Gasteiger partial charge in [0, 0.05) is 12.2 Å². The zero-order chi connectivity index (χ0) is 15.4. The van der Waals surface area contributed by atoms with Crippen LogP contribution in [0.1, 0.15) is 39.0 Å². The molecule has 0 radical (unpaired) electrons. The quantitative estimate of drug-likeness (QED) is 0.870. The first-order valence-electron chi connectivity index (χ1n) is 6.95. The molecular weight excluding hydrogens is 311 g/mol. The van der Waals surface area contributed by atoms with Gasteiger partial charge in [0.25, 0.3) is 0 Å². The minimum absolute atomic E-state index is 0.113. The van der Waals surface area contributed by atoms with Crippen LogP contribution in [0.3, 0.4) is 0 Å². The predicted molar refractivity (Wildman–Crippen MR) is 83.7 cm³/mol. The Morgan fingerprint density at radius 3 is 2.71 bits per heavy atom. The van der Waals surface area contributed by atoms with Gasteiger partial charge >= 0.3 is 0 Å². The van der Waals surface area contributed by atoms with E-state index in [1.807, 2.05) is 0 Å². The molecule has 0 spiro atoms. The summed E-state index contributed by atoms with van der Waals surface area (Å²) in [4.78, 5) is 8.57. The summed E-state index contributed by atoms with van der Waals surface area (Å²) >= 11 is 11.9. The van der Waals surface area contributed by atoms with Gasteiger partial charge in [-0.15, -0.1) is 0 Å². The third kappa shape index (κ3) is 3.73. The van der Waals surface area contributed by atoms with Crippen molar-refractivity contribution in [3.8, 4) is 11.5 Å². The van der Waals surface area contributed by atoms with Crippen LogP contribution in [0.25, 0.3) is 11.5 Å². The lowest BCUT2D eigenvalue weighted by molar-refractivity contribution is 0.321. The third-order valence-corrected chi connectivity index (χ3v) is 3.86. The fourth-order valence-electron chi connectivity index (χ4n) is 2.20. The van der Waals surface area contributed by atoms with Crippen LogP contribution in [0.5, 0.6) is 0 Å². The summed E-state index contributed by atoms with van der Waals surface area (Å²) in [5, 5.41) is 8.26. The average Bonchev–Trinajstić information content (AvgIpc) is 2.93. The van der Waals surface area contributed by atoms with Crippen LogP contribution in [0.15, 0.2) is 16.8 Å². The second-order valence-electron chi connectivity index (χ2n) is 4.80. The molecule has 1 N–H and O–H groups in total. The molecule has 0 fully saturated rings. The van der Waals surface area contributed by atoms with Gasteiger partial charge in [-0.2, -0.15) is 4.98 Å². The summed E-state index contributed by atoms with van der Waals surface area (Å²) in [7, 11) is 0. The summed E-state index contributed by atoms with van der Waals surface area (Å²) in [6.45, 7) is 7.16. The molecule has 7 heteroatoms. The molecule has 0 saturated carbocycles. The highest BCUT2D eigenvalue weighted by molar-refractivity contribution is 6.35. The molecule has 0 aromatic carbocycles.